The van der Waals surface area contributed by atoms with Gasteiger partial charge in [-0.1, -0.05) is 0 Å². The molecule has 0 saturated heterocycles. The molecule has 84 valence electrons. The van der Waals surface area contributed by atoms with Crippen LogP contribution in [-0.2, 0) is 0 Å². The molecule has 0 aliphatic carbocycles. The third-order valence-electron chi connectivity index (χ3n) is 1.29. The minimum Gasteiger partial charge on any atom is -0.206 e. The SMILES string of the molecule is Fc1cc(F)c(SC(F)(F)F)c(Br)c1Br. The number of hydrogen-bond acceptors (Lipinski definition) is 1. The van der Waals surface area contributed by atoms with Crippen LogP contribution in [0.2, 0.25) is 0 Å². The molecule has 0 saturated carbocycles. The molecule has 15 heavy (non-hydrogen) atoms. The Kier molecular flexibility index (Phi) is 4.05. The molecule has 1 aromatic carbocycles. The van der Waals surface area contributed by atoms with E-state index in [0.29, 0.717) is 6.07 Å². The van der Waals surface area contributed by atoms with Crippen molar-refractivity contribution in [2.45, 2.75) is 10.4 Å². The molecular formula is C7HBr2F5S. The summed E-state index contributed by atoms with van der Waals surface area (Å²) in [7, 11) is 0. The van der Waals surface area contributed by atoms with Crippen molar-refractivity contribution in [1.29, 1.82) is 0 Å². The molecule has 0 spiro atoms. The fourth-order valence-corrected chi connectivity index (χ4v) is 2.40. The maximum absolute atomic E-state index is 13.0. The van der Waals surface area contributed by atoms with E-state index in [4.69, 9.17) is 0 Å². The standard InChI is InChI=1S/C7HBr2F5S/c8-4-2(10)1-3(11)6(5(4)9)15-7(12,13)14/h1H. The molecule has 0 nitrogen and oxygen atoms in total. The first-order chi connectivity index (χ1) is 6.72. The molecule has 0 unspecified atom stereocenters. The topological polar surface area (TPSA) is 0 Å². The van der Waals surface area contributed by atoms with E-state index in [1.807, 2.05) is 0 Å². The van der Waals surface area contributed by atoms with Crippen molar-refractivity contribution in [3.05, 3.63) is 26.6 Å². The number of thioether (sulfide) groups is 1. The van der Waals surface area contributed by atoms with Crippen LogP contribution in [0.15, 0.2) is 19.9 Å². The second-order valence-electron chi connectivity index (χ2n) is 2.35. The van der Waals surface area contributed by atoms with Crippen LogP contribution < -0.4 is 0 Å². The second kappa shape index (κ2) is 4.58. The molecule has 0 N–H and O–H groups in total. The van der Waals surface area contributed by atoms with E-state index in [1.165, 1.54) is 0 Å². The fraction of sp³-hybridized carbons (Fsp3) is 0.143. The maximum Gasteiger partial charge on any atom is 0.446 e. The Bertz CT molecular complexity index is 390. The van der Waals surface area contributed by atoms with Gasteiger partial charge in [-0.05, 0) is 43.6 Å². The van der Waals surface area contributed by atoms with Gasteiger partial charge in [0.2, 0.25) is 0 Å². The number of rotatable bonds is 1. The summed E-state index contributed by atoms with van der Waals surface area (Å²) in [6.45, 7) is 0. The average molecular weight is 372 g/mol. The Labute approximate surface area is 102 Å². The molecular weight excluding hydrogens is 371 g/mol. The van der Waals surface area contributed by atoms with E-state index in [9.17, 15) is 22.0 Å². The third kappa shape index (κ3) is 3.32. The van der Waals surface area contributed by atoms with E-state index in [0.717, 1.165) is 0 Å². The highest BCUT2D eigenvalue weighted by Crippen LogP contribution is 2.44. The fourth-order valence-electron chi connectivity index (χ4n) is 0.759. The lowest BCUT2D eigenvalue weighted by molar-refractivity contribution is -0.0329. The third-order valence-corrected chi connectivity index (χ3v) is 4.49. The van der Waals surface area contributed by atoms with Gasteiger partial charge in [-0.2, -0.15) is 13.2 Å². The van der Waals surface area contributed by atoms with Gasteiger partial charge >= 0.3 is 5.51 Å². The Morgan fingerprint density at radius 1 is 1.00 bits per heavy atom. The number of benzene rings is 1. The molecule has 0 aliphatic rings. The summed E-state index contributed by atoms with van der Waals surface area (Å²) in [6.07, 6.45) is 0. The highest BCUT2D eigenvalue weighted by atomic mass is 79.9. The summed E-state index contributed by atoms with van der Waals surface area (Å²) in [5.74, 6) is -2.23. The van der Waals surface area contributed by atoms with Crippen molar-refractivity contribution in [2.75, 3.05) is 0 Å². The molecule has 0 heterocycles. The van der Waals surface area contributed by atoms with Gasteiger partial charge in [0.15, 0.2) is 0 Å². The first-order valence-corrected chi connectivity index (χ1v) is 5.71. The molecule has 0 aliphatic heterocycles. The van der Waals surface area contributed by atoms with Crippen LogP contribution >= 0.6 is 43.6 Å². The Morgan fingerprint density at radius 3 is 2.00 bits per heavy atom. The molecule has 1 rings (SSSR count). The van der Waals surface area contributed by atoms with Crippen molar-refractivity contribution < 1.29 is 22.0 Å². The average Bonchev–Trinajstić information content (AvgIpc) is 2.07. The zero-order valence-corrected chi connectivity index (χ0v) is 10.6. The van der Waals surface area contributed by atoms with E-state index in [-0.39, 0.29) is 8.95 Å². The minimum absolute atomic E-state index is 0.240. The van der Waals surface area contributed by atoms with E-state index in [2.05, 4.69) is 31.9 Å². The van der Waals surface area contributed by atoms with E-state index in [1.54, 1.807) is 0 Å². The summed E-state index contributed by atoms with van der Waals surface area (Å²) < 4.78 is 61.3. The number of alkyl halides is 3. The van der Waals surface area contributed by atoms with Crippen LogP contribution in [0, 0.1) is 11.6 Å². The zero-order valence-electron chi connectivity index (χ0n) is 6.63. The smallest absolute Gasteiger partial charge is 0.206 e. The lowest BCUT2D eigenvalue weighted by atomic mass is 10.3. The van der Waals surface area contributed by atoms with Crippen molar-refractivity contribution in [1.82, 2.24) is 0 Å². The zero-order chi connectivity index (χ0) is 11.8. The minimum atomic E-state index is -4.62. The summed E-state index contributed by atoms with van der Waals surface area (Å²) in [5.41, 5.74) is -4.62. The molecule has 0 radical (unpaired) electrons. The summed E-state index contributed by atoms with van der Waals surface area (Å²) in [6, 6.07) is 0.392. The van der Waals surface area contributed by atoms with Crippen LogP contribution in [0.25, 0.3) is 0 Å². The molecule has 0 atom stereocenters. The largest absolute Gasteiger partial charge is 0.446 e. The van der Waals surface area contributed by atoms with Crippen LogP contribution in [0.4, 0.5) is 22.0 Å². The van der Waals surface area contributed by atoms with Crippen LogP contribution in [-0.4, -0.2) is 5.51 Å². The Balaban J connectivity index is 3.24. The van der Waals surface area contributed by atoms with Crippen LogP contribution in [0.5, 0.6) is 0 Å². The molecule has 8 heteroatoms. The van der Waals surface area contributed by atoms with Gasteiger partial charge in [0, 0.05) is 6.07 Å². The first kappa shape index (κ1) is 13.2. The summed E-state index contributed by atoms with van der Waals surface area (Å²) in [5, 5.41) is 0. The highest BCUT2D eigenvalue weighted by Gasteiger charge is 2.33. The van der Waals surface area contributed by atoms with Crippen molar-refractivity contribution in [3.63, 3.8) is 0 Å². The Hall–Kier alpha value is 0.180. The van der Waals surface area contributed by atoms with Gasteiger partial charge in [0.05, 0.1) is 13.8 Å². The first-order valence-electron chi connectivity index (χ1n) is 3.31. The highest BCUT2D eigenvalue weighted by molar-refractivity contribution is 9.13. The quantitative estimate of drug-likeness (QED) is 0.286. The van der Waals surface area contributed by atoms with Gasteiger partial charge in [0.25, 0.3) is 0 Å². The summed E-state index contributed by atoms with van der Waals surface area (Å²) >= 11 is 4.75. The molecule has 1 aromatic rings. The van der Waals surface area contributed by atoms with E-state index < -0.39 is 33.8 Å². The van der Waals surface area contributed by atoms with Crippen molar-refractivity contribution in [3.8, 4) is 0 Å². The van der Waals surface area contributed by atoms with E-state index >= 15 is 0 Å². The monoisotopic (exact) mass is 370 g/mol. The maximum atomic E-state index is 13.0. The normalized spacial score (nSPS) is 11.9. The van der Waals surface area contributed by atoms with Gasteiger partial charge in [-0.15, -0.1) is 0 Å². The lowest BCUT2D eigenvalue weighted by Crippen LogP contribution is -2.02. The van der Waals surface area contributed by atoms with Gasteiger partial charge in [-0.25, -0.2) is 8.78 Å². The Morgan fingerprint density at radius 2 is 1.53 bits per heavy atom. The molecule has 0 aromatic heterocycles. The molecule has 0 bridgehead atoms. The van der Waals surface area contributed by atoms with Crippen molar-refractivity contribution in [2.24, 2.45) is 0 Å². The number of halogens is 7. The predicted octanol–water partition coefficient (Wildman–Crippen LogP) is 5.10. The van der Waals surface area contributed by atoms with Crippen LogP contribution in [0.3, 0.4) is 0 Å². The molecule has 0 fully saturated rings. The van der Waals surface area contributed by atoms with Crippen molar-refractivity contribution >= 4 is 43.6 Å². The van der Waals surface area contributed by atoms with Gasteiger partial charge in [-0.3, -0.25) is 0 Å². The second-order valence-corrected chi connectivity index (χ2v) is 5.01. The summed E-state index contributed by atoms with van der Waals surface area (Å²) in [4.78, 5) is -0.698. The van der Waals surface area contributed by atoms with Crippen LogP contribution in [0.1, 0.15) is 0 Å². The predicted molar refractivity (Wildman–Crippen MR) is 53.7 cm³/mol. The lowest BCUT2D eigenvalue weighted by Gasteiger charge is -2.10. The molecule has 0 amide bonds. The van der Waals surface area contributed by atoms with Gasteiger partial charge in [0.1, 0.15) is 11.6 Å². The number of hydrogen-bond donors (Lipinski definition) is 0. The van der Waals surface area contributed by atoms with Gasteiger partial charge < -0.3 is 0 Å².